The van der Waals surface area contributed by atoms with Gasteiger partial charge in [-0.05, 0) is 91.3 Å². The van der Waals surface area contributed by atoms with Crippen LogP contribution in [0.1, 0.15) is 37.0 Å². The third-order valence-electron chi connectivity index (χ3n) is 6.60. The number of amides is 1. The summed E-state index contributed by atoms with van der Waals surface area (Å²) in [5.41, 5.74) is 8.25. The zero-order valence-electron chi connectivity index (χ0n) is 20.5. The van der Waals surface area contributed by atoms with Gasteiger partial charge in [-0.2, -0.15) is 0 Å². The molecule has 0 saturated carbocycles. The van der Waals surface area contributed by atoms with Crippen molar-refractivity contribution in [2.24, 2.45) is 5.92 Å². The topological polar surface area (TPSA) is 41.6 Å². The summed E-state index contributed by atoms with van der Waals surface area (Å²) >= 11 is 0. The Labute approximate surface area is 209 Å². The lowest BCUT2D eigenvalue weighted by atomic mass is 9.78. The molecule has 0 heterocycles. The monoisotopic (exact) mass is 478 g/mol. The number of aryl methyl sites for hydroxylation is 1. The van der Waals surface area contributed by atoms with Crippen molar-refractivity contribution in [1.29, 1.82) is 0 Å². The number of hydrogen-bond donors (Lipinski definition) is 1. The Kier molecular flexibility index (Phi) is 8.90. The molecule has 0 aliphatic heterocycles. The number of nitrogens with zero attached hydrogens (tertiary/aromatic N) is 1. The van der Waals surface area contributed by atoms with Gasteiger partial charge >= 0.3 is 0 Å². The summed E-state index contributed by atoms with van der Waals surface area (Å²) in [6.45, 7) is 2.62. The highest BCUT2D eigenvalue weighted by molar-refractivity contribution is 5.89. The fourth-order valence-corrected chi connectivity index (χ4v) is 4.90. The molecular weight excluding hydrogens is 444 g/mol. The van der Waals surface area contributed by atoms with Crippen molar-refractivity contribution in [3.63, 3.8) is 0 Å². The minimum Gasteiger partial charge on any atom is -0.376 e. The van der Waals surface area contributed by atoms with Crippen LogP contribution in [0.4, 0.5) is 5.69 Å². The number of fused-ring (bicyclic) bond motifs is 1. The van der Waals surface area contributed by atoms with E-state index in [4.69, 9.17) is 4.74 Å². The molecule has 0 fully saturated rings. The van der Waals surface area contributed by atoms with Gasteiger partial charge in [0.1, 0.15) is 0 Å². The quantitative estimate of drug-likeness (QED) is 0.415. The van der Waals surface area contributed by atoms with Crippen LogP contribution in [-0.2, 0) is 16.0 Å². The van der Waals surface area contributed by atoms with Gasteiger partial charge < -0.3 is 15.0 Å². The summed E-state index contributed by atoms with van der Waals surface area (Å²) in [6, 6.07) is 23.4. The third-order valence-corrected chi connectivity index (χ3v) is 6.60. The van der Waals surface area contributed by atoms with Gasteiger partial charge in [0, 0.05) is 19.7 Å². The number of carbonyl (C=O) groups excluding carboxylic acids is 1. The molecule has 1 N–H and O–H groups in total. The Morgan fingerprint density at radius 1 is 0.971 bits per heavy atom. The van der Waals surface area contributed by atoms with E-state index in [9.17, 15) is 4.79 Å². The van der Waals surface area contributed by atoms with Gasteiger partial charge in [0.05, 0.1) is 6.10 Å². The minimum absolute atomic E-state index is 0. The number of anilines is 1. The predicted octanol–water partition coefficient (Wildman–Crippen LogP) is 6.60. The molecule has 0 bridgehead atoms. The van der Waals surface area contributed by atoms with E-state index in [0.29, 0.717) is 5.92 Å². The molecule has 0 saturated heterocycles. The second-order valence-corrected chi connectivity index (χ2v) is 9.30. The SMILES string of the molecule is COC1c2ccc(-c3ccc(-c4cccc(NC(C)=O)c4)cc3)cc2CCC1CCN(C)C.Cl. The Morgan fingerprint density at radius 3 is 2.24 bits per heavy atom. The predicted molar refractivity (Wildman–Crippen MR) is 144 cm³/mol. The molecule has 2 atom stereocenters. The van der Waals surface area contributed by atoms with E-state index in [2.05, 4.69) is 72.8 Å². The highest BCUT2D eigenvalue weighted by atomic mass is 35.5. The van der Waals surface area contributed by atoms with Crippen LogP contribution in [0.2, 0.25) is 0 Å². The lowest BCUT2D eigenvalue weighted by molar-refractivity contribution is -0.114. The number of hydrogen-bond acceptors (Lipinski definition) is 3. The third kappa shape index (κ3) is 6.06. The number of ether oxygens (including phenoxy) is 1. The van der Waals surface area contributed by atoms with Crippen molar-refractivity contribution in [3.8, 4) is 22.3 Å². The fourth-order valence-electron chi connectivity index (χ4n) is 4.90. The van der Waals surface area contributed by atoms with Gasteiger partial charge in [-0.25, -0.2) is 0 Å². The van der Waals surface area contributed by atoms with E-state index < -0.39 is 0 Å². The summed E-state index contributed by atoms with van der Waals surface area (Å²) in [7, 11) is 6.11. The number of rotatable bonds is 7. The molecule has 0 spiro atoms. The standard InChI is InChI=1S/C29H34N2O2.ClH/c1-20(32)30-27-7-5-6-24(19-27)21-8-10-22(11-9-21)25-14-15-28-26(18-25)13-12-23(29(28)33-4)16-17-31(2)3;/h5-11,14-15,18-19,23,29H,12-13,16-17H2,1-4H3,(H,30,32);1H. The number of halogens is 1. The largest absolute Gasteiger partial charge is 0.376 e. The molecule has 3 aromatic rings. The van der Waals surface area contributed by atoms with E-state index >= 15 is 0 Å². The molecule has 2 unspecified atom stereocenters. The normalized spacial score (nSPS) is 17.1. The summed E-state index contributed by atoms with van der Waals surface area (Å²) in [5.74, 6) is 0.512. The molecule has 0 radical (unpaired) electrons. The van der Waals surface area contributed by atoms with Crippen LogP contribution >= 0.6 is 12.4 Å². The van der Waals surface area contributed by atoms with E-state index in [-0.39, 0.29) is 24.4 Å². The summed E-state index contributed by atoms with van der Waals surface area (Å²) in [4.78, 5) is 13.6. The Balaban J connectivity index is 0.00000324. The molecular formula is C29H35ClN2O2. The number of nitrogens with one attached hydrogen (secondary N) is 1. The maximum atomic E-state index is 11.4. The van der Waals surface area contributed by atoms with Gasteiger partial charge in [-0.1, -0.05) is 54.6 Å². The molecule has 4 rings (SSSR count). The Morgan fingerprint density at radius 2 is 1.62 bits per heavy atom. The Bertz CT molecular complexity index is 1110. The minimum atomic E-state index is -0.0605. The van der Waals surface area contributed by atoms with Crippen molar-refractivity contribution in [3.05, 3.63) is 77.9 Å². The summed E-state index contributed by atoms with van der Waals surface area (Å²) < 4.78 is 5.96. The van der Waals surface area contributed by atoms with Crippen LogP contribution in [0.3, 0.4) is 0 Å². The molecule has 1 amide bonds. The van der Waals surface area contributed by atoms with Crippen molar-refractivity contribution in [2.75, 3.05) is 33.1 Å². The lowest BCUT2D eigenvalue weighted by Gasteiger charge is -2.33. The van der Waals surface area contributed by atoms with Crippen molar-refractivity contribution in [1.82, 2.24) is 4.90 Å². The first kappa shape index (κ1) is 26.0. The molecule has 1 aliphatic carbocycles. The average Bonchev–Trinajstić information content (AvgIpc) is 2.81. The molecule has 5 heteroatoms. The lowest BCUT2D eigenvalue weighted by Crippen LogP contribution is -2.26. The van der Waals surface area contributed by atoms with Crippen LogP contribution in [0.25, 0.3) is 22.3 Å². The number of methoxy groups -OCH3 is 1. The van der Waals surface area contributed by atoms with Gasteiger partial charge in [-0.15, -0.1) is 12.4 Å². The number of carbonyl (C=O) groups is 1. The van der Waals surface area contributed by atoms with Gasteiger partial charge in [0.15, 0.2) is 0 Å². The highest BCUT2D eigenvalue weighted by Crippen LogP contribution is 2.40. The average molecular weight is 479 g/mol. The maximum absolute atomic E-state index is 11.4. The second-order valence-electron chi connectivity index (χ2n) is 9.30. The van der Waals surface area contributed by atoms with Crippen molar-refractivity contribution < 1.29 is 9.53 Å². The maximum Gasteiger partial charge on any atom is 0.221 e. The smallest absolute Gasteiger partial charge is 0.221 e. The van der Waals surface area contributed by atoms with Crippen LogP contribution in [0.15, 0.2) is 66.7 Å². The van der Waals surface area contributed by atoms with Crippen molar-refractivity contribution >= 4 is 24.0 Å². The Hall–Kier alpha value is -2.66. The first-order chi connectivity index (χ1) is 15.9. The van der Waals surface area contributed by atoms with Crippen molar-refractivity contribution in [2.45, 2.75) is 32.3 Å². The summed E-state index contributed by atoms with van der Waals surface area (Å²) in [5, 5.41) is 2.85. The van der Waals surface area contributed by atoms with Gasteiger partial charge in [0.2, 0.25) is 5.91 Å². The van der Waals surface area contributed by atoms with E-state index in [1.807, 2.05) is 25.3 Å². The zero-order valence-corrected chi connectivity index (χ0v) is 21.3. The van der Waals surface area contributed by atoms with E-state index in [0.717, 1.165) is 36.2 Å². The molecule has 34 heavy (non-hydrogen) atoms. The second kappa shape index (κ2) is 11.7. The molecule has 4 nitrogen and oxygen atoms in total. The van der Waals surface area contributed by atoms with Gasteiger partial charge in [0.25, 0.3) is 0 Å². The van der Waals surface area contributed by atoms with Crippen LogP contribution in [-0.4, -0.2) is 38.6 Å². The first-order valence-corrected chi connectivity index (χ1v) is 11.7. The van der Waals surface area contributed by atoms with Crippen LogP contribution in [0.5, 0.6) is 0 Å². The summed E-state index contributed by atoms with van der Waals surface area (Å²) in [6.07, 6.45) is 3.62. The van der Waals surface area contributed by atoms with Crippen LogP contribution < -0.4 is 5.32 Å². The molecule has 1 aliphatic rings. The highest BCUT2D eigenvalue weighted by Gasteiger charge is 2.29. The zero-order chi connectivity index (χ0) is 23.4. The number of benzene rings is 3. The molecule has 0 aromatic heterocycles. The van der Waals surface area contributed by atoms with E-state index in [1.165, 1.54) is 35.6 Å². The first-order valence-electron chi connectivity index (χ1n) is 11.7. The van der Waals surface area contributed by atoms with Gasteiger partial charge in [-0.3, -0.25) is 4.79 Å². The fraction of sp³-hybridized carbons (Fsp3) is 0.345. The molecule has 180 valence electrons. The van der Waals surface area contributed by atoms with Crippen LogP contribution in [0, 0.1) is 5.92 Å². The molecule has 3 aromatic carbocycles. The van der Waals surface area contributed by atoms with E-state index in [1.54, 1.807) is 0 Å².